The quantitative estimate of drug-likeness (QED) is 0.374. The van der Waals surface area contributed by atoms with Gasteiger partial charge in [0.05, 0.1) is 28.7 Å². The van der Waals surface area contributed by atoms with Crippen LogP contribution < -0.4 is 19.1 Å². The number of para-hydroxylation sites is 1. The van der Waals surface area contributed by atoms with Crippen LogP contribution in [0.15, 0.2) is 77.7 Å². The molecule has 1 amide bonds. The van der Waals surface area contributed by atoms with Crippen molar-refractivity contribution in [3.63, 3.8) is 0 Å². The van der Waals surface area contributed by atoms with E-state index in [4.69, 9.17) is 9.47 Å². The topological polar surface area (TPSA) is 128 Å². The molecule has 0 heterocycles. The Bertz CT molecular complexity index is 1260. The highest BCUT2D eigenvalue weighted by atomic mass is 32.2. The number of carbonyl (C=O) groups excluding carboxylic acids is 1. The maximum absolute atomic E-state index is 13.0. The number of ether oxygens (including phenoxy) is 2. The molecule has 0 unspecified atom stereocenters. The van der Waals surface area contributed by atoms with Gasteiger partial charge in [-0.2, -0.15) is 0 Å². The molecule has 0 aliphatic heterocycles. The predicted molar refractivity (Wildman–Crippen MR) is 122 cm³/mol. The molecule has 0 bridgehead atoms. The number of non-ortho nitro benzene ring substituents is 1. The minimum Gasteiger partial charge on any atom is -0.493 e. The van der Waals surface area contributed by atoms with Crippen LogP contribution in [-0.2, 0) is 14.8 Å². The molecule has 10 nitrogen and oxygen atoms in total. The number of nitrogens with zero attached hydrogens (tertiary/aromatic N) is 2. The number of hydrogen-bond acceptors (Lipinski definition) is 7. The normalized spacial score (nSPS) is 10.8. The number of amides is 1. The Hall–Kier alpha value is -4.12. The van der Waals surface area contributed by atoms with Crippen molar-refractivity contribution in [2.75, 3.05) is 30.4 Å². The van der Waals surface area contributed by atoms with Crippen molar-refractivity contribution in [3.8, 4) is 11.5 Å². The molecular weight excluding hydrogens is 450 g/mol. The van der Waals surface area contributed by atoms with Gasteiger partial charge in [-0.15, -0.1) is 0 Å². The third-order valence-corrected chi connectivity index (χ3v) is 6.39. The van der Waals surface area contributed by atoms with Gasteiger partial charge in [0.2, 0.25) is 0 Å². The number of nitro benzene ring substituents is 1. The Kier molecular flexibility index (Phi) is 7.13. The summed E-state index contributed by atoms with van der Waals surface area (Å²) in [6.07, 6.45) is 0. The molecule has 0 fully saturated rings. The highest BCUT2D eigenvalue weighted by molar-refractivity contribution is 7.92. The largest absolute Gasteiger partial charge is 0.493 e. The monoisotopic (exact) mass is 471 g/mol. The standard InChI is InChI=1S/C22H21N3O7S/c1-24(17-8-4-3-5-9-17)33(29,30)19-10-6-7-16(13-19)23-22(26)15-32-21-14-18(25(27)28)11-12-20(21)31-2/h3-14H,15H2,1-2H3,(H,23,26). The molecule has 0 radical (unpaired) electrons. The van der Waals surface area contributed by atoms with E-state index in [2.05, 4.69) is 5.32 Å². The average molecular weight is 471 g/mol. The van der Waals surface area contributed by atoms with Gasteiger partial charge in [0.25, 0.3) is 21.6 Å². The van der Waals surface area contributed by atoms with Crippen LogP contribution in [0, 0.1) is 10.1 Å². The zero-order valence-electron chi connectivity index (χ0n) is 17.8. The second-order valence-corrected chi connectivity index (χ2v) is 8.73. The Balaban J connectivity index is 1.71. The predicted octanol–water partition coefficient (Wildman–Crippen LogP) is 3.45. The van der Waals surface area contributed by atoms with Crippen molar-refractivity contribution in [1.29, 1.82) is 0 Å². The second kappa shape index (κ2) is 10.0. The molecule has 172 valence electrons. The van der Waals surface area contributed by atoms with Gasteiger partial charge >= 0.3 is 0 Å². The molecule has 0 saturated heterocycles. The number of rotatable bonds is 9. The summed E-state index contributed by atoms with van der Waals surface area (Å²) in [7, 11) is -1.05. The molecule has 0 saturated carbocycles. The molecule has 3 rings (SSSR count). The van der Waals surface area contributed by atoms with E-state index < -0.39 is 27.5 Å². The van der Waals surface area contributed by atoms with Crippen molar-refractivity contribution < 1.29 is 27.6 Å². The Morgan fingerprint density at radius 2 is 1.76 bits per heavy atom. The number of sulfonamides is 1. The van der Waals surface area contributed by atoms with E-state index in [9.17, 15) is 23.3 Å². The fourth-order valence-corrected chi connectivity index (χ4v) is 4.14. The van der Waals surface area contributed by atoms with Crippen molar-refractivity contribution >= 4 is 33.0 Å². The van der Waals surface area contributed by atoms with Crippen molar-refractivity contribution in [1.82, 2.24) is 0 Å². The molecule has 0 aromatic heterocycles. The molecular formula is C22H21N3O7S. The van der Waals surface area contributed by atoms with E-state index in [-0.39, 0.29) is 27.8 Å². The lowest BCUT2D eigenvalue weighted by Gasteiger charge is -2.20. The summed E-state index contributed by atoms with van der Waals surface area (Å²) in [4.78, 5) is 22.7. The first kappa shape index (κ1) is 23.5. The molecule has 0 spiro atoms. The maximum Gasteiger partial charge on any atom is 0.273 e. The Morgan fingerprint density at radius 1 is 1.03 bits per heavy atom. The maximum atomic E-state index is 13.0. The summed E-state index contributed by atoms with van der Waals surface area (Å²) < 4.78 is 37.5. The summed E-state index contributed by atoms with van der Waals surface area (Å²) in [5.74, 6) is -0.331. The third kappa shape index (κ3) is 5.57. The molecule has 11 heteroatoms. The van der Waals surface area contributed by atoms with Gasteiger partial charge in [-0.1, -0.05) is 24.3 Å². The van der Waals surface area contributed by atoms with Gasteiger partial charge in [-0.25, -0.2) is 8.42 Å². The van der Waals surface area contributed by atoms with Crippen molar-refractivity contribution in [3.05, 3.63) is 82.9 Å². The molecule has 3 aromatic carbocycles. The number of hydrogen-bond donors (Lipinski definition) is 1. The van der Waals surface area contributed by atoms with Crippen LogP contribution in [0.1, 0.15) is 0 Å². The van der Waals surface area contributed by atoms with Gasteiger partial charge < -0.3 is 14.8 Å². The van der Waals surface area contributed by atoms with Gasteiger partial charge in [-0.05, 0) is 36.4 Å². The first-order chi connectivity index (χ1) is 15.7. The molecule has 33 heavy (non-hydrogen) atoms. The zero-order chi connectivity index (χ0) is 24.0. The second-order valence-electron chi connectivity index (χ2n) is 6.77. The molecule has 0 atom stereocenters. The summed E-state index contributed by atoms with van der Waals surface area (Å²) >= 11 is 0. The van der Waals surface area contributed by atoms with Crippen molar-refractivity contribution in [2.45, 2.75) is 4.90 Å². The van der Waals surface area contributed by atoms with E-state index >= 15 is 0 Å². The molecule has 1 N–H and O–H groups in total. The van der Waals surface area contributed by atoms with E-state index in [1.54, 1.807) is 30.3 Å². The molecule has 0 aliphatic rings. The van der Waals surface area contributed by atoms with Crippen LogP contribution in [0.2, 0.25) is 0 Å². The summed E-state index contributed by atoms with van der Waals surface area (Å²) in [6, 6.07) is 18.2. The molecule has 3 aromatic rings. The first-order valence-corrected chi connectivity index (χ1v) is 11.1. The first-order valence-electron chi connectivity index (χ1n) is 9.61. The number of benzene rings is 3. The van der Waals surface area contributed by atoms with E-state index in [0.29, 0.717) is 5.69 Å². The van der Waals surface area contributed by atoms with E-state index in [1.165, 1.54) is 50.6 Å². The van der Waals surface area contributed by atoms with Gasteiger partial charge in [-0.3, -0.25) is 19.2 Å². The van der Waals surface area contributed by atoms with Gasteiger partial charge in [0.15, 0.2) is 18.1 Å². The number of carbonyl (C=O) groups is 1. The summed E-state index contributed by atoms with van der Waals surface area (Å²) in [5, 5.41) is 13.5. The highest BCUT2D eigenvalue weighted by Crippen LogP contribution is 2.31. The minimum absolute atomic E-state index is 0.00655. The number of anilines is 2. The smallest absolute Gasteiger partial charge is 0.273 e. The SMILES string of the molecule is COc1ccc([N+](=O)[O-])cc1OCC(=O)Nc1cccc(S(=O)(=O)N(C)c2ccccc2)c1. The van der Waals surface area contributed by atoms with Gasteiger partial charge in [0, 0.05) is 18.8 Å². The number of nitro groups is 1. The fraction of sp³-hybridized carbons (Fsp3) is 0.136. The van der Waals surface area contributed by atoms with E-state index in [0.717, 1.165) is 10.4 Å². The van der Waals surface area contributed by atoms with Crippen molar-refractivity contribution in [2.24, 2.45) is 0 Å². The van der Waals surface area contributed by atoms with Gasteiger partial charge in [0.1, 0.15) is 0 Å². The minimum atomic E-state index is -3.86. The lowest BCUT2D eigenvalue weighted by molar-refractivity contribution is -0.385. The van der Waals surface area contributed by atoms with Crippen LogP contribution >= 0.6 is 0 Å². The van der Waals surface area contributed by atoms with Crippen LogP contribution in [0.25, 0.3) is 0 Å². The Morgan fingerprint density at radius 3 is 2.42 bits per heavy atom. The number of nitrogens with one attached hydrogen (secondary N) is 1. The van der Waals surface area contributed by atoms with Crippen LogP contribution in [0.5, 0.6) is 11.5 Å². The zero-order valence-corrected chi connectivity index (χ0v) is 18.6. The number of methoxy groups -OCH3 is 1. The van der Waals surface area contributed by atoms with E-state index in [1.807, 2.05) is 0 Å². The fourth-order valence-electron chi connectivity index (χ4n) is 2.90. The Labute approximate surface area is 190 Å². The highest BCUT2D eigenvalue weighted by Gasteiger charge is 2.22. The molecule has 0 aliphatic carbocycles. The van der Waals surface area contributed by atoms with Crippen LogP contribution in [-0.4, -0.2) is 40.0 Å². The van der Waals surface area contributed by atoms with Crippen LogP contribution in [0.4, 0.5) is 17.1 Å². The third-order valence-electron chi connectivity index (χ3n) is 4.61. The summed E-state index contributed by atoms with van der Waals surface area (Å²) in [5.41, 5.74) is 0.523. The lowest BCUT2D eigenvalue weighted by atomic mass is 10.3. The van der Waals surface area contributed by atoms with Crippen LogP contribution in [0.3, 0.4) is 0 Å². The average Bonchev–Trinajstić information content (AvgIpc) is 2.82. The lowest BCUT2D eigenvalue weighted by Crippen LogP contribution is -2.26. The summed E-state index contributed by atoms with van der Waals surface area (Å²) in [6.45, 7) is -0.474.